The van der Waals surface area contributed by atoms with Gasteiger partial charge in [-0.3, -0.25) is 14.5 Å². The maximum atomic E-state index is 12.2. The quantitative estimate of drug-likeness (QED) is 0.862. The molecule has 6 nitrogen and oxygen atoms in total. The highest BCUT2D eigenvalue weighted by molar-refractivity contribution is 5.87. The molecule has 1 N–H and O–H groups in total. The highest BCUT2D eigenvalue weighted by atomic mass is 16.5. The molecule has 0 aliphatic carbocycles. The molecule has 2 aromatic rings. The minimum atomic E-state index is -0.441. The van der Waals surface area contributed by atoms with Crippen molar-refractivity contribution in [3.63, 3.8) is 0 Å². The van der Waals surface area contributed by atoms with Crippen molar-refractivity contribution in [3.05, 3.63) is 54.1 Å². The van der Waals surface area contributed by atoms with E-state index in [1.807, 2.05) is 24.3 Å². The van der Waals surface area contributed by atoms with Gasteiger partial charge in [-0.2, -0.15) is 0 Å². The predicted octanol–water partition coefficient (Wildman–Crippen LogP) is 2.14. The summed E-state index contributed by atoms with van der Waals surface area (Å²) in [5, 5.41) is 2.67. The number of benzene rings is 2. The number of nitrogens with zero attached hydrogens (tertiary/aromatic N) is 2. The Morgan fingerprint density at radius 3 is 2.46 bits per heavy atom. The third-order valence-electron chi connectivity index (χ3n) is 5.20. The molecule has 1 aliphatic rings. The fourth-order valence-electron chi connectivity index (χ4n) is 3.68. The second-order valence-corrected chi connectivity index (χ2v) is 6.97. The average Bonchev–Trinajstić information content (AvgIpc) is 2.73. The Hall–Kier alpha value is -2.86. The van der Waals surface area contributed by atoms with Crippen molar-refractivity contribution in [2.24, 2.45) is 0 Å². The zero-order chi connectivity index (χ0) is 20.1. The van der Waals surface area contributed by atoms with Crippen molar-refractivity contribution >= 4 is 11.8 Å². The Labute approximate surface area is 166 Å². The van der Waals surface area contributed by atoms with Crippen molar-refractivity contribution in [1.29, 1.82) is 0 Å². The number of likely N-dealkylation sites (N-methyl/N-ethyl adjacent to an activating group) is 1. The van der Waals surface area contributed by atoms with E-state index in [0.717, 1.165) is 30.0 Å². The first-order valence-electron chi connectivity index (χ1n) is 9.47. The molecule has 1 saturated heterocycles. The number of carbonyl (C=O) groups excluding carboxylic acids is 2. The number of amides is 2. The van der Waals surface area contributed by atoms with E-state index < -0.39 is 6.04 Å². The normalized spacial score (nSPS) is 17.2. The molecule has 0 spiro atoms. The number of hydrogen-bond donors (Lipinski definition) is 1. The van der Waals surface area contributed by atoms with Gasteiger partial charge in [0.25, 0.3) is 0 Å². The second-order valence-electron chi connectivity index (χ2n) is 6.97. The van der Waals surface area contributed by atoms with Crippen LogP contribution in [0.25, 0.3) is 11.1 Å². The van der Waals surface area contributed by atoms with Crippen LogP contribution in [0, 0.1) is 0 Å². The van der Waals surface area contributed by atoms with Crippen LogP contribution in [0.4, 0.5) is 0 Å². The summed E-state index contributed by atoms with van der Waals surface area (Å²) in [5.41, 5.74) is 3.34. The fourth-order valence-corrected chi connectivity index (χ4v) is 3.68. The maximum absolute atomic E-state index is 12.2. The molecule has 1 fully saturated rings. The fraction of sp³-hybridized carbons (Fsp3) is 0.364. The topological polar surface area (TPSA) is 61.9 Å². The summed E-state index contributed by atoms with van der Waals surface area (Å²) < 4.78 is 5.45. The Morgan fingerprint density at radius 2 is 1.82 bits per heavy atom. The molecule has 2 aromatic carbocycles. The molecular formula is C22H27N3O3. The summed E-state index contributed by atoms with van der Waals surface area (Å²) in [7, 11) is 3.28. The summed E-state index contributed by atoms with van der Waals surface area (Å²) in [6.45, 7) is 4.11. The van der Waals surface area contributed by atoms with Gasteiger partial charge in [-0.1, -0.05) is 42.5 Å². The van der Waals surface area contributed by atoms with E-state index in [2.05, 4.69) is 34.5 Å². The van der Waals surface area contributed by atoms with Crippen LogP contribution in [0.15, 0.2) is 48.5 Å². The summed E-state index contributed by atoms with van der Waals surface area (Å²) in [5.74, 6) is 0.671. The first-order valence-corrected chi connectivity index (χ1v) is 9.47. The van der Waals surface area contributed by atoms with Crippen molar-refractivity contribution < 1.29 is 14.3 Å². The molecule has 0 bridgehead atoms. The lowest BCUT2D eigenvalue weighted by molar-refractivity contribution is -0.142. The number of ether oxygens (including phenoxy) is 1. The SMILES string of the molecule is CNC(=O)[C@H]1CN(Cc2ccc(-c3ccccc3OC)cc2)CCN1C(C)=O. The van der Waals surface area contributed by atoms with E-state index in [1.54, 1.807) is 19.1 Å². The Morgan fingerprint density at radius 1 is 1.11 bits per heavy atom. The molecule has 0 aromatic heterocycles. The van der Waals surface area contributed by atoms with Crippen LogP contribution in [-0.4, -0.2) is 61.4 Å². The molecule has 28 heavy (non-hydrogen) atoms. The average molecular weight is 381 g/mol. The van der Waals surface area contributed by atoms with Gasteiger partial charge in [-0.15, -0.1) is 0 Å². The largest absolute Gasteiger partial charge is 0.496 e. The number of nitrogens with one attached hydrogen (secondary N) is 1. The number of hydrogen-bond acceptors (Lipinski definition) is 4. The zero-order valence-electron chi connectivity index (χ0n) is 16.6. The van der Waals surface area contributed by atoms with Gasteiger partial charge in [0.15, 0.2) is 0 Å². The lowest BCUT2D eigenvalue weighted by Crippen LogP contribution is -2.59. The summed E-state index contributed by atoms with van der Waals surface area (Å²) in [6, 6.07) is 15.9. The number of carbonyl (C=O) groups is 2. The molecule has 3 rings (SSSR count). The molecule has 6 heteroatoms. The van der Waals surface area contributed by atoms with Gasteiger partial charge in [0.1, 0.15) is 11.8 Å². The van der Waals surface area contributed by atoms with Gasteiger partial charge in [0.2, 0.25) is 11.8 Å². The summed E-state index contributed by atoms with van der Waals surface area (Å²) in [4.78, 5) is 27.9. The van der Waals surface area contributed by atoms with Crippen LogP contribution in [0.1, 0.15) is 12.5 Å². The lowest BCUT2D eigenvalue weighted by atomic mass is 10.0. The van der Waals surface area contributed by atoms with Crippen molar-refractivity contribution in [1.82, 2.24) is 15.1 Å². The first kappa shape index (κ1) is 19.9. The van der Waals surface area contributed by atoms with Crippen LogP contribution >= 0.6 is 0 Å². The van der Waals surface area contributed by atoms with Crippen LogP contribution < -0.4 is 10.1 Å². The third kappa shape index (κ3) is 4.34. The van der Waals surface area contributed by atoms with Gasteiger partial charge in [-0.25, -0.2) is 0 Å². The van der Waals surface area contributed by atoms with Gasteiger partial charge in [0, 0.05) is 45.7 Å². The molecule has 0 unspecified atom stereocenters. The number of piperazine rings is 1. The van der Waals surface area contributed by atoms with Crippen molar-refractivity contribution in [2.75, 3.05) is 33.8 Å². The number of rotatable bonds is 5. The molecular weight excluding hydrogens is 354 g/mol. The molecule has 0 radical (unpaired) electrons. The van der Waals surface area contributed by atoms with E-state index in [9.17, 15) is 9.59 Å². The summed E-state index contributed by atoms with van der Waals surface area (Å²) >= 11 is 0. The van der Waals surface area contributed by atoms with Crippen LogP contribution in [0.3, 0.4) is 0 Å². The molecule has 148 valence electrons. The predicted molar refractivity (Wildman–Crippen MR) is 109 cm³/mol. The molecule has 1 atom stereocenters. The second kappa shape index (κ2) is 8.89. The monoisotopic (exact) mass is 381 g/mol. The van der Waals surface area contributed by atoms with Gasteiger partial charge in [-0.05, 0) is 17.2 Å². The van der Waals surface area contributed by atoms with Crippen LogP contribution in [0.5, 0.6) is 5.75 Å². The van der Waals surface area contributed by atoms with Crippen molar-refractivity contribution in [3.8, 4) is 16.9 Å². The van der Waals surface area contributed by atoms with E-state index in [1.165, 1.54) is 12.5 Å². The van der Waals surface area contributed by atoms with E-state index >= 15 is 0 Å². The van der Waals surface area contributed by atoms with E-state index in [4.69, 9.17) is 4.74 Å². The Kier molecular flexibility index (Phi) is 6.31. The molecule has 1 heterocycles. The third-order valence-corrected chi connectivity index (χ3v) is 5.20. The number of para-hydroxylation sites is 1. The van der Waals surface area contributed by atoms with Gasteiger partial charge < -0.3 is 15.0 Å². The van der Waals surface area contributed by atoms with Crippen LogP contribution in [0.2, 0.25) is 0 Å². The van der Waals surface area contributed by atoms with E-state index in [-0.39, 0.29) is 11.8 Å². The minimum absolute atomic E-state index is 0.0607. The Bertz CT molecular complexity index is 835. The molecule has 0 saturated carbocycles. The lowest BCUT2D eigenvalue weighted by Gasteiger charge is -2.40. The van der Waals surface area contributed by atoms with Gasteiger partial charge >= 0.3 is 0 Å². The zero-order valence-corrected chi connectivity index (χ0v) is 16.6. The molecule has 2 amide bonds. The molecule has 1 aliphatic heterocycles. The maximum Gasteiger partial charge on any atom is 0.243 e. The number of methoxy groups -OCH3 is 1. The van der Waals surface area contributed by atoms with Gasteiger partial charge in [0.05, 0.1) is 7.11 Å². The first-order chi connectivity index (χ1) is 13.5. The van der Waals surface area contributed by atoms with Crippen LogP contribution in [-0.2, 0) is 16.1 Å². The smallest absolute Gasteiger partial charge is 0.243 e. The van der Waals surface area contributed by atoms with Crippen molar-refractivity contribution in [2.45, 2.75) is 19.5 Å². The van der Waals surface area contributed by atoms with E-state index in [0.29, 0.717) is 13.1 Å². The highest BCUT2D eigenvalue weighted by Crippen LogP contribution is 2.29. The highest BCUT2D eigenvalue weighted by Gasteiger charge is 2.33. The minimum Gasteiger partial charge on any atom is -0.496 e. The standard InChI is InChI=1S/C22H27N3O3/c1-16(26)25-13-12-24(15-20(25)22(27)23-2)14-17-8-10-18(11-9-17)19-6-4-5-7-21(19)28-3/h4-11,20H,12-15H2,1-3H3,(H,23,27)/t20-/m1/s1. The summed E-state index contributed by atoms with van der Waals surface area (Å²) in [6.07, 6.45) is 0. The Balaban J connectivity index is 1.70.